The first kappa shape index (κ1) is 9.40. The van der Waals surface area contributed by atoms with Gasteiger partial charge in [-0.2, -0.15) is 5.26 Å². The first-order valence-corrected chi connectivity index (χ1v) is 3.67. The maximum atomic E-state index is 13.2. The molecule has 1 nitrogen and oxygen atoms in total. The zero-order valence-electron chi connectivity index (χ0n) is 7.01. The number of halogens is 2. The Morgan fingerprint density at radius 2 is 2.08 bits per heavy atom. The van der Waals surface area contributed by atoms with Gasteiger partial charge in [-0.25, -0.2) is 8.78 Å². The lowest BCUT2D eigenvalue weighted by Crippen LogP contribution is -1.91. The second-order valence-corrected chi connectivity index (χ2v) is 2.55. The van der Waals surface area contributed by atoms with Crippen LogP contribution in [0, 0.1) is 29.9 Å². The molecule has 0 radical (unpaired) electrons. The second kappa shape index (κ2) is 3.81. The Hall–Kier alpha value is -1.69. The van der Waals surface area contributed by atoms with Gasteiger partial charge in [-0.3, -0.25) is 0 Å². The molecule has 0 amide bonds. The number of hydrogen-bond acceptors (Lipinski definition) is 1. The van der Waals surface area contributed by atoms with E-state index in [1.807, 2.05) is 0 Å². The van der Waals surface area contributed by atoms with Gasteiger partial charge in [0.05, 0.1) is 6.07 Å². The monoisotopic (exact) mass is 179 g/mol. The average molecular weight is 179 g/mol. The van der Waals surface area contributed by atoms with Crippen LogP contribution in [0.25, 0.3) is 6.08 Å². The Bertz CT molecular complexity index is 389. The van der Waals surface area contributed by atoms with E-state index in [2.05, 4.69) is 0 Å². The number of nitriles is 1. The molecule has 0 saturated carbocycles. The Kier molecular flexibility index (Phi) is 2.76. The van der Waals surface area contributed by atoms with Crippen LogP contribution in [0.15, 0.2) is 18.2 Å². The number of benzene rings is 1. The van der Waals surface area contributed by atoms with Crippen LogP contribution in [0.2, 0.25) is 0 Å². The molecule has 0 aliphatic rings. The third-order valence-corrected chi connectivity index (χ3v) is 1.64. The minimum atomic E-state index is -0.658. The molecule has 0 bridgehead atoms. The molecule has 3 heteroatoms. The van der Waals surface area contributed by atoms with Crippen molar-refractivity contribution in [3.63, 3.8) is 0 Å². The molecule has 0 unspecified atom stereocenters. The van der Waals surface area contributed by atoms with Crippen LogP contribution in [-0.4, -0.2) is 0 Å². The zero-order valence-corrected chi connectivity index (χ0v) is 7.01. The third-order valence-electron chi connectivity index (χ3n) is 1.64. The van der Waals surface area contributed by atoms with E-state index in [1.54, 1.807) is 13.0 Å². The topological polar surface area (TPSA) is 23.8 Å². The van der Waals surface area contributed by atoms with E-state index in [0.29, 0.717) is 5.56 Å². The second-order valence-electron chi connectivity index (χ2n) is 2.55. The van der Waals surface area contributed by atoms with Crippen molar-refractivity contribution in [1.82, 2.24) is 0 Å². The molecule has 0 aliphatic heterocycles. The summed E-state index contributed by atoms with van der Waals surface area (Å²) in [7, 11) is 0. The van der Waals surface area contributed by atoms with Gasteiger partial charge in [0, 0.05) is 11.6 Å². The summed E-state index contributed by atoms with van der Waals surface area (Å²) in [5.41, 5.74) is 0.195. The minimum Gasteiger partial charge on any atom is -0.206 e. The molecule has 0 aliphatic carbocycles. The molecular formula is C10H7F2N. The van der Waals surface area contributed by atoms with Crippen LogP contribution in [0.4, 0.5) is 8.78 Å². The number of nitrogens with zero attached hydrogens (tertiary/aromatic N) is 1. The maximum absolute atomic E-state index is 13.2. The standard InChI is InChI=1S/C10H7F2N/c1-7-4-5-9(11)8(10(7)12)3-2-6-13/h2-5H,1H3. The van der Waals surface area contributed by atoms with Crippen LogP contribution in [0.1, 0.15) is 11.1 Å². The molecule has 1 aromatic rings. The largest absolute Gasteiger partial charge is 0.206 e. The van der Waals surface area contributed by atoms with Crippen LogP contribution in [0.3, 0.4) is 0 Å². The highest BCUT2D eigenvalue weighted by Gasteiger charge is 2.07. The van der Waals surface area contributed by atoms with E-state index in [-0.39, 0.29) is 5.56 Å². The van der Waals surface area contributed by atoms with E-state index in [4.69, 9.17) is 5.26 Å². The molecule has 66 valence electrons. The van der Waals surface area contributed by atoms with Gasteiger partial charge in [0.2, 0.25) is 0 Å². The van der Waals surface area contributed by atoms with Gasteiger partial charge in [-0.1, -0.05) is 6.07 Å². The molecule has 0 atom stereocenters. The quantitative estimate of drug-likeness (QED) is 0.608. The van der Waals surface area contributed by atoms with Crippen molar-refractivity contribution < 1.29 is 8.78 Å². The molecule has 0 aromatic heterocycles. The first-order valence-electron chi connectivity index (χ1n) is 3.67. The van der Waals surface area contributed by atoms with Crippen molar-refractivity contribution in [2.75, 3.05) is 0 Å². The highest BCUT2D eigenvalue weighted by atomic mass is 19.1. The average Bonchev–Trinajstić information content (AvgIpc) is 2.12. The Morgan fingerprint density at radius 3 is 2.69 bits per heavy atom. The fraction of sp³-hybridized carbons (Fsp3) is 0.100. The number of allylic oxidation sites excluding steroid dienone is 1. The lowest BCUT2D eigenvalue weighted by Gasteiger charge is -2.01. The summed E-state index contributed by atoms with van der Waals surface area (Å²) in [5.74, 6) is -1.28. The molecule has 0 N–H and O–H groups in total. The zero-order chi connectivity index (χ0) is 9.84. The highest BCUT2D eigenvalue weighted by molar-refractivity contribution is 5.54. The Balaban J connectivity index is 3.27. The maximum Gasteiger partial charge on any atom is 0.136 e. The SMILES string of the molecule is Cc1ccc(F)c(C=CC#N)c1F. The summed E-state index contributed by atoms with van der Waals surface area (Å²) in [6.07, 6.45) is 2.17. The van der Waals surface area contributed by atoms with Crippen LogP contribution in [-0.2, 0) is 0 Å². The van der Waals surface area contributed by atoms with Gasteiger partial charge in [0.1, 0.15) is 11.6 Å². The summed E-state index contributed by atoms with van der Waals surface area (Å²) in [6, 6.07) is 4.21. The molecule has 1 rings (SSSR count). The summed E-state index contributed by atoms with van der Waals surface area (Å²) < 4.78 is 26.1. The molecule has 0 heterocycles. The number of aryl methyl sites for hydroxylation is 1. The van der Waals surface area contributed by atoms with Crippen molar-refractivity contribution in [1.29, 1.82) is 5.26 Å². The van der Waals surface area contributed by atoms with Gasteiger partial charge in [0.15, 0.2) is 0 Å². The number of rotatable bonds is 1. The third kappa shape index (κ3) is 1.91. The van der Waals surface area contributed by atoms with Gasteiger partial charge in [-0.05, 0) is 24.6 Å². The lowest BCUT2D eigenvalue weighted by molar-refractivity contribution is 0.573. The van der Waals surface area contributed by atoms with Crippen LogP contribution in [0.5, 0.6) is 0 Å². The normalized spacial score (nSPS) is 10.3. The van der Waals surface area contributed by atoms with Crippen LogP contribution >= 0.6 is 0 Å². The molecule has 13 heavy (non-hydrogen) atoms. The predicted molar refractivity (Wildman–Crippen MR) is 45.7 cm³/mol. The van der Waals surface area contributed by atoms with Crippen LogP contribution < -0.4 is 0 Å². The van der Waals surface area contributed by atoms with Crippen molar-refractivity contribution in [3.8, 4) is 6.07 Å². The van der Waals surface area contributed by atoms with Gasteiger partial charge < -0.3 is 0 Å². The lowest BCUT2D eigenvalue weighted by atomic mass is 10.1. The molecule has 1 aromatic carbocycles. The fourth-order valence-electron chi connectivity index (χ4n) is 0.952. The molecular weight excluding hydrogens is 172 g/mol. The summed E-state index contributed by atoms with van der Waals surface area (Å²) in [5, 5.41) is 8.20. The fourth-order valence-corrected chi connectivity index (χ4v) is 0.952. The van der Waals surface area contributed by atoms with E-state index in [1.165, 1.54) is 12.1 Å². The predicted octanol–water partition coefficient (Wildman–Crippen LogP) is 2.81. The number of hydrogen-bond donors (Lipinski definition) is 0. The van der Waals surface area contributed by atoms with Gasteiger partial charge in [0.25, 0.3) is 0 Å². The van der Waals surface area contributed by atoms with Crippen molar-refractivity contribution >= 4 is 6.08 Å². The highest BCUT2D eigenvalue weighted by Crippen LogP contribution is 2.17. The van der Waals surface area contributed by atoms with Crippen molar-refractivity contribution in [2.45, 2.75) is 6.92 Å². The van der Waals surface area contributed by atoms with Crippen molar-refractivity contribution in [2.24, 2.45) is 0 Å². The van der Waals surface area contributed by atoms with E-state index < -0.39 is 11.6 Å². The van der Waals surface area contributed by atoms with E-state index >= 15 is 0 Å². The smallest absolute Gasteiger partial charge is 0.136 e. The minimum absolute atomic E-state index is 0.165. The molecule has 0 saturated heterocycles. The Labute approximate surface area is 74.9 Å². The first-order chi connectivity index (χ1) is 6.16. The summed E-state index contributed by atoms with van der Waals surface area (Å²) >= 11 is 0. The van der Waals surface area contributed by atoms with E-state index in [0.717, 1.165) is 12.2 Å². The summed E-state index contributed by atoms with van der Waals surface area (Å²) in [4.78, 5) is 0. The molecule has 0 spiro atoms. The van der Waals surface area contributed by atoms with Gasteiger partial charge in [-0.15, -0.1) is 0 Å². The Morgan fingerprint density at radius 1 is 1.38 bits per heavy atom. The molecule has 0 fully saturated rings. The van der Waals surface area contributed by atoms with Gasteiger partial charge >= 0.3 is 0 Å². The summed E-state index contributed by atoms with van der Waals surface area (Å²) in [6.45, 7) is 1.54. The van der Waals surface area contributed by atoms with E-state index in [9.17, 15) is 8.78 Å². The van der Waals surface area contributed by atoms with Crippen molar-refractivity contribution in [3.05, 3.63) is 41.0 Å².